The van der Waals surface area contributed by atoms with Crippen LogP contribution in [0.1, 0.15) is 0 Å². The molecule has 0 radical (unpaired) electrons. The summed E-state index contributed by atoms with van der Waals surface area (Å²) in [4.78, 5) is 7.76. The smallest absolute Gasteiger partial charge is 0.148 e. The van der Waals surface area contributed by atoms with Crippen molar-refractivity contribution >= 4 is 60.9 Å². The SMILES string of the molecule is c1ccc(N(c2ccccc2)c2ccc(-n3c4ccccc4c4cc5c6ccccc6n(-c6ccccc6)c5nc43)cc2)cc1. The topological polar surface area (TPSA) is 26.0 Å². The van der Waals surface area contributed by atoms with Crippen molar-refractivity contribution in [1.82, 2.24) is 14.1 Å². The van der Waals surface area contributed by atoms with E-state index in [1.807, 2.05) is 0 Å². The minimum atomic E-state index is 0.944. The first-order valence-corrected chi connectivity index (χ1v) is 15.2. The Kier molecular flexibility index (Phi) is 5.78. The maximum absolute atomic E-state index is 5.47. The average molecular weight is 577 g/mol. The molecule has 4 nitrogen and oxygen atoms in total. The fraction of sp³-hybridized carbons (Fsp3) is 0. The van der Waals surface area contributed by atoms with Crippen LogP contribution >= 0.6 is 0 Å². The van der Waals surface area contributed by atoms with Crippen molar-refractivity contribution in [3.8, 4) is 11.4 Å². The van der Waals surface area contributed by atoms with Crippen LogP contribution in [0, 0.1) is 0 Å². The van der Waals surface area contributed by atoms with Gasteiger partial charge in [0.1, 0.15) is 11.3 Å². The van der Waals surface area contributed by atoms with Crippen LogP contribution in [-0.2, 0) is 0 Å². The fourth-order valence-corrected chi connectivity index (χ4v) is 6.70. The van der Waals surface area contributed by atoms with Crippen molar-refractivity contribution in [2.45, 2.75) is 0 Å². The molecule has 6 aromatic carbocycles. The summed E-state index contributed by atoms with van der Waals surface area (Å²) in [6.45, 7) is 0. The van der Waals surface area contributed by atoms with E-state index in [0.29, 0.717) is 0 Å². The lowest BCUT2D eigenvalue weighted by molar-refractivity contribution is 1.11. The minimum absolute atomic E-state index is 0.944. The Morgan fingerprint density at radius 2 is 0.756 bits per heavy atom. The molecule has 45 heavy (non-hydrogen) atoms. The summed E-state index contributed by atoms with van der Waals surface area (Å²) >= 11 is 0. The lowest BCUT2D eigenvalue weighted by Gasteiger charge is -2.25. The van der Waals surface area contributed by atoms with Gasteiger partial charge in [0.2, 0.25) is 0 Å². The number of hydrogen-bond acceptors (Lipinski definition) is 2. The molecule has 0 amide bonds. The van der Waals surface area contributed by atoms with Crippen molar-refractivity contribution in [1.29, 1.82) is 0 Å². The van der Waals surface area contributed by atoms with E-state index in [0.717, 1.165) is 61.5 Å². The highest BCUT2D eigenvalue weighted by molar-refractivity contribution is 6.16. The highest BCUT2D eigenvalue weighted by Crippen LogP contribution is 2.39. The first-order chi connectivity index (χ1) is 22.3. The molecule has 9 aromatic rings. The van der Waals surface area contributed by atoms with Crippen LogP contribution in [0.4, 0.5) is 17.1 Å². The standard InChI is InChI=1S/C41H28N4/c1-4-14-29(15-5-1)43(30-16-6-2-7-17-30)32-24-26-33(27-25-32)45-39-23-13-11-21-35(39)37-28-36-34-20-10-12-22-38(34)44(40(36)42-41(37)45)31-18-8-3-9-19-31/h1-28H. The summed E-state index contributed by atoms with van der Waals surface area (Å²) in [7, 11) is 0. The quantitative estimate of drug-likeness (QED) is 0.204. The molecule has 0 saturated heterocycles. The number of fused-ring (bicyclic) bond motifs is 6. The fourth-order valence-electron chi connectivity index (χ4n) is 6.70. The largest absolute Gasteiger partial charge is 0.311 e. The molecule has 0 bridgehead atoms. The molecule has 0 N–H and O–H groups in total. The molecule has 0 aliphatic rings. The lowest BCUT2D eigenvalue weighted by Crippen LogP contribution is -2.09. The Labute approximate surface area is 260 Å². The number of hydrogen-bond donors (Lipinski definition) is 0. The molecule has 0 atom stereocenters. The zero-order valence-corrected chi connectivity index (χ0v) is 24.5. The van der Waals surface area contributed by atoms with Crippen LogP contribution in [0.2, 0.25) is 0 Å². The number of nitrogens with zero attached hydrogens (tertiary/aromatic N) is 4. The highest BCUT2D eigenvalue weighted by Gasteiger charge is 2.20. The van der Waals surface area contributed by atoms with Crippen molar-refractivity contribution in [3.05, 3.63) is 170 Å². The molecule has 4 heteroatoms. The molecule has 3 heterocycles. The van der Waals surface area contributed by atoms with Gasteiger partial charge in [-0.15, -0.1) is 0 Å². The van der Waals surface area contributed by atoms with Crippen LogP contribution in [0.25, 0.3) is 55.2 Å². The van der Waals surface area contributed by atoms with E-state index in [4.69, 9.17) is 4.98 Å². The van der Waals surface area contributed by atoms with Gasteiger partial charge < -0.3 is 4.90 Å². The van der Waals surface area contributed by atoms with Crippen LogP contribution in [0.15, 0.2) is 170 Å². The summed E-state index contributed by atoms with van der Waals surface area (Å²) in [6.07, 6.45) is 0. The maximum Gasteiger partial charge on any atom is 0.148 e. The predicted molar refractivity (Wildman–Crippen MR) is 188 cm³/mol. The predicted octanol–water partition coefficient (Wildman–Crippen LogP) is 10.7. The highest BCUT2D eigenvalue weighted by atomic mass is 15.1. The third-order valence-electron chi connectivity index (χ3n) is 8.69. The second kappa shape index (κ2) is 10.2. The average Bonchev–Trinajstić information content (AvgIpc) is 3.61. The van der Waals surface area contributed by atoms with Gasteiger partial charge in [-0.25, -0.2) is 4.98 Å². The zero-order valence-electron chi connectivity index (χ0n) is 24.5. The number of anilines is 3. The number of benzene rings is 6. The second-order valence-electron chi connectivity index (χ2n) is 11.3. The van der Waals surface area contributed by atoms with Gasteiger partial charge in [0, 0.05) is 50.0 Å². The van der Waals surface area contributed by atoms with E-state index in [2.05, 4.69) is 184 Å². The van der Waals surface area contributed by atoms with Crippen molar-refractivity contribution < 1.29 is 0 Å². The molecule has 0 fully saturated rings. The molecule has 0 saturated carbocycles. The van der Waals surface area contributed by atoms with Crippen LogP contribution in [-0.4, -0.2) is 14.1 Å². The van der Waals surface area contributed by atoms with Gasteiger partial charge in [-0.3, -0.25) is 9.13 Å². The third kappa shape index (κ3) is 4.04. The summed E-state index contributed by atoms with van der Waals surface area (Å²) in [5.74, 6) is 0. The molecule has 0 spiro atoms. The van der Waals surface area contributed by atoms with Gasteiger partial charge >= 0.3 is 0 Å². The second-order valence-corrected chi connectivity index (χ2v) is 11.3. The van der Waals surface area contributed by atoms with Crippen molar-refractivity contribution in [2.24, 2.45) is 0 Å². The van der Waals surface area contributed by atoms with E-state index in [-0.39, 0.29) is 0 Å². The Bertz CT molecular complexity index is 2420. The lowest BCUT2D eigenvalue weighted by atomic mass is 10.1. The van der Waals surface area contributed by atoms with Gasteiger partial charge in [0.05, 0.1) is 11.0 Å². The Morgan fingerprint density at radius 1 is 0.356 bits per heavy atom. The third-order valence-corrected chi connectivity index (χ3v) is 8.69. The molecule has 3 aromatic heterocycles. The first kappa shape index (κ1) is 25.4. The van der Waals surface area contributed by atoms with E-state index in [9.17, 15) is 0 Å². The summed E-state index contributed by atoms with van der Waals surface area (Å²) < 4.78 is 4.59. The van der Waals surface area contributed by atoms with Crippen LogP contribution < -0.4 is 4.90 Å². The number of para-hydroxylation sites is 5. The molecular formula is C41H28N4. The van der Waals surface area contributed by atoms with E-state index < -0.39 is 0 Å². The normalized spacial score (nSPS) is 11.6. The molecule has 212 valence electrons. The van der Waals surface area contributed by atoms with Gasteiger partial charge in [0.25, 0.3) is 0 Å². The summed E-state index contributed by atoms with van der Waals surface area (Å²) in [6, 6.07) is 59.9. The molecule has 0 unspecified atom stereocenters. The van der Waals surface area contributed by atoms with Crippen molar-refractivity contribution in [2.75, 3.05) is 4.90 Å². The van der Waals surface area contributed by atoms with E-state index in [1.165, 1.54) is 10.8 Å². The summed E-state index contributed by atoms with van der Waals surface area (Å²) in [5.41, 5.74) is 9.69. The summed E-state index contributed by atoms with van der Waals surface area (Å²) in [5, 5.41) is 4.70. The minimum Gasteiger partial charge on any atom is -0.311 e. The molecular weight excluding hydrogens is 548 g/mol. The number of rotatable bonds is 5. The Hall–Kier alpha value is -6.13. The molecule has 0 aliphatic heterocycles. The molecule has 9 rings (SSSR count). The van der Waals surface area contributed by atoms with E-state index >= 15 is 0 Å². The first-order valence-electron chi connectivity index (χ1n) is 15.2. The van der Waals surface area contributed by atoms with Gasteiger partial charge in [-0.2, -0.15) is 0 Å². The zero-order chi connectivity index (χ0) is 29.7. The number of aromatic nitrogens is 3. The molecule has 0 aliphatic carbocycles. The monoisotopic (exact) mass is 576 g/mol. The Morgan fingerprint density at radius 3 is 1.27 bits per heavy atom. The van der Waals surface area contributed by atoms with Crippen molar-refractivity contribution in [3.63, 3.8) is 0 Å². The Balaban J connectivity index is 1.28. The van der Waals surface area contributed by atoms with Crippen LogP contribution in [0.3, 0.4) is 0 Å². The number of pyridine rings is 1. The van der Waals surface area contributed by atoms with Gasteiger partial charge in [-0.1, -0.05) is 91.0 Å². The van der Waals surface area contributed by atoms with Gasteiger partial charge in [-0.05, 0) is 78.9 Å². The van der Waals surface area contributed by atoms with E-state index in [1.54, 1.807) is 0 Å². The maximum atomic E-state index is 5.47. The van der Waals surface area contributed by atoms with Crippen LogP contribution in [0.5, 0.6) is 0 Å². The van der Waals surface area contributed by atoms with Gasteiger partial charge in [0.15, 0.2) is 0 Å².